The maximum absolute atomic E-state index is 13.2. The van der Waals surface area contributed by atoms with Crippen LogP contribution < -0.4 is 20.3 Å². The van der Waals surface area contributed by atoms with Crippen molar-refractivity contribution in [2.24, 2.45) is 0 Å². The van der Waals surface area contributed by atoms with Gasteiger partial charge in [-0.3, -0.25) is 0 Å². The Morgan fingerprint density at radius 3 is 2.61 bits per heavy atom. The van der Waals surface area contributed by atoms with Crippen LogP contribution in [0.25, 0.3) is 0 Å². The van der Waals surface area contributed by atoms with Gasteiger partial charge >= 0.3 is 152 Å². The first-order valence-electron chi connectivity index (χ1n) is 12.4. The van der Waals surface area contributed by atoms with E-state index in [4.69, 9.17) is 16.3 Å². The zero-order chi connectivity index (χ0) is 26.7. The molecule has 11 heteroatoms. The molecule has 8 nitrogen and oxygen atoms in total. The van der Waals surface area contributed by atoms with E-state index >= 15 is 0 Å². The van der Waals surface area contributed by atoms with E-state index < -0.39 is 7.49 Å². The number of rotatable bonds is 8. The van der Waals surface area contributed by atoms with Crippen LogP contribution in [0.3, 0.4) is 0 Å². The van der Waals surface area contributed by atoms with Crippen LogP contribution in [0.4, 0.5) is 33.2 Å². The molecule has 200 valence electrons. The summed E-state index contributed by atoms with van der Waals surface area (Å²) in [5.41, 5.74) is 3.59. The van der Waals surface area contributed by atoms with Crippen molar-refractivity contribution in [3.05, 3.63) is 83.5 Å². The van der Waals surface area contributed by atoms with Gasteiger partial charge in [-0.1, -0.05) is 12.1 Å². The van der Waals surface area contributed by atoms with Crippen LogP contribution in [0, 0.1) is 5.82 Å². The Bertz CT molecular complexity index is 1410. The molecular weight excluding hydrogens is 526 g/mol. The van der Waals surface area contributed by atoms with Gasteiger partial charge < -0.3 is 4.57 Å². The number of benzene rings is 2. The monoisotopic (exact) mass is 556 g/mol. The molecule has 38 heavy (non-hydrogen) atoms. The predicted octanol–water partition coefficient (Wildman–Crippen LogP) is 5.72. The van der Waals surface area contributed by atoms with E-state index in [0.29, 0.717) is 29.1 Å². The molecule has 4 aromatic rings. The fourth-order valence-corrected chi connectivity index (χ4v) is 6.30. The predicted molar refractivity (Wildman–Crippen MR) is 155 cm³/mol. The Morgan fingerprint density at radius 1 is 1.11 bits per heavy atom. The number of hydrogen-bond donors (Lipinski definition) is 3. The summed E-state index contributed by atoms with van der Waals surface area (Å²) in [7, 11) is -0.413. The maximum atomic E-state index is 13.2. The first-order chi connectivity index (χ1) is 18.3. The quantitative estimate of drug-likeness (QED) is 0.239. The Labute approximate surface area is 226 Å². The minimum atomic E-state index is -2.04. The van der Waals surface area contributed by atoms with Gasteiger partial charge in [0.15, 0.2) is 0 Å². The molecule has 2 aromatic heterocycles. The van der Waals surface area contributed by atoms with Crippen molar-refractivity contribution in [1.29, 1.82) is 0 Å². The Balaban J connectivity index is 1.28. The average molecular weight is 557 g/mol. The standard InChI is InChI=1S/C27H31ClFN6O2P/c1-37-25-15-22(35-11-13-38(2,36)14-12-35)7-8-24(25)32-26-23(28)16-30-27(33-26)31-21-9-10-34(18-21)17-19-3-5-20(29)6-4-19/h3-10,15-16,18,36,38H,11-14,17H2,1-2H3,(H2,30,31,32,33). The van der Waals surface area contributed by atoms with Crippen LogP contribution >= 0.6 is 19.1 Å². The fourth-order valence-electron chi connectivity index (χ4n) is 4.41. The first-order valence-corrected chi connectivity index (χ1v) is 15.6. The van der Waals surface area contributed by atoms with Crippen LogP contribution in [0.1, 0.15) is 5.56 Å². The molecule has 3 N–H and O–H groups in total. The van der Waals surface area contributed by atoms with Gasteiger partial charge in [0, 0.05) is 18.9 Å². The number of ether oxygens (including phenoxy) is 1. The van der Waals surface area contributed by atoms with Crippen molar-refractivity contribution in [3.63, 3.8) is 0 Å². The van der Waals surface area contributed by atoms with Crippen molar-refractivity contribution in [2.75, 3.05) is 54.7 Å². The summed E-state index contributed by atoms with van der Waals surface area (Å²) in [5.74, 6) is 1.25. The van der Waals surface area contributed by atoms with Crippen LogP contribution in [-0.2, 0) is 6.54 Å². The number of halogens is 2. The van der Waals surface area contributed by atoms with E-state index in [1.807, 2.05) is 47.9 Å². The minimum absolute atomic E-state index is 0.250. The van der Waals surface area contributed by atoms with E-state index in [9.17, 15) is 9.28 Å². The molecule has 0 unspecified atom stereocenters. The summed E-state index contributed by atoms with van der Waals surface area (Å²) in [4.78, 5) is 21.5. The first kappa shape index (κ1) is 26.2. The second kappa shape index (κ2) is 11.2. The van der Waals surface area contributed by atoms with E-state index in [1.54, 1.807) is 25.4 Å². The summed E-state index contributed by atoms with van der Waals surface area (Å²) in [6.07, 6.45) is 7.12. The third kappa shape index (κ3) is 6.35. The average Bonchev–Trinajstić information content (AvgIpc) is 3.34. The zero-order valence-electron chi connectivity index (χ0n) is 21.3. The SMILES string of the molecule is COc1cc(N2CC[PH](C)(O)CC2)ccc1Nc1nc(Nc2ccn(Cc3ccc(F)cc3)c2)ncc1Cl. The summed E-state index contributed by atoms with van der Waals surface area (Å²) in [6, 6.07) is 14.3. The van der Waals surface area contributed by atoms with Crippen molar-refractivity contribution in [1.82, 2.24) is 14.5 Å². The molecule has 5 rings (SSSR count). The van der Waals surface area contributed by atoms with E-state index in [2.05, 4.69) is 25.5 Å². The molecule has 0 aliphatic carbocycles. The molecule has 0 atom stereocenters. The molecule has 2 aromatic carbocycles. The van der Waals surface area contributed by atoms with Gasteiger partial charge in [0.25, 0.3) is 0 Å². The van der Waals surface area contributed by atoms with Gasteiger partial charge in [-0.05, 0) is 23.8 Å². The number of nitrogens with one attached hydrogen (secondary N) is 2. The number of nitrogens with zero attached hydrogens (tertiary/aromatic N) is 4. The number of methoxy groups -OCH3 is 1. The van der Waals surface area contributed by atoms with Gasteiger partial charge in [0.05, 0.1) is 5.69 Å². The molecule has 1 aliphatic rings. The van der Waals surface area contributed by atoms with E-state index in [-0.39, 0.29) is 5.82 Å². The molecule has 3 heterocycles. The van der Waals surface area contributed by atoms with Gasteiger partial charge in [-0.25, -0.2) is 4.39 Å². The van der Waals surface area contributed by atoms with Crippen molar-refractivity contribution < 1.29 is 14.0 Å². The van der Waals surface area contributed by atoms with Crippen LogP contribution in [-0.4, -0.2) is 58.6 Å². The second-order valence-electron chi connectivity index (χ2n) is 9.71. The Kier molecular flexibility index (Phi) is 7.70. The Hall–Kier alpha value is -3.39. The molecule has 0 radical (unpaired) electrons. The summed E-state index contributed by atoms with van der Waals surface area (Å²) < 4.78 is 20.8. The molecule has 1 fully saturated rings. The normalized spacial score (nSPS) is 15.7. The molecule has 0 amide bonds. The van der Waals surface area contributed by atoms with E-state index in [1.165, 1.54) is 12.1 Å². The fraction of sp³-hybridized carbons (Fsp3) is 0.259. The third-order valence-electron chi connectivity index (χ3n) is 6.67. The number of anilines is 5. The summed E-state index contributed by atoms with van der Waals surface area (Å²) >= 11 is 6.41. The second-order valence-corrected chi connectivity index (χ2v) is 14.1. The van der Waals surface area contributed by atoms with Gasteiger partial charge in [0.2, 0.25) is 0 Å². The summed E-state index contributed by atoms with van der Waals surface area (Å²) in [6.45, 7) is 4.32. The molecule has 0 bridgehead atoms. The third-order valence-corrected chi connectivity index (χ3v) is 9.55. The van der Waals surface area contributed by atoms with Crippen molar-refractivity contribution in [3.8, 4) is 5.75 Å². The topological polar surface area (TPSA) is 87.5 Å². The molecule has 0 spiro atoms. The van der Waals surface area contributed by atoms with Crippen LogP contribution in [0.15, 0.2) is 67.1 Å². The van der Waals surface area contributed by atoms with Crippen LogP contribution in [0.2, 0.25) is 5.02 Å². The van der Waals surface area contributed by atoms with Crippen molar-refractivity contribution >= 4 is 47.9 Å². The van der Waals surface area contributed by atoms with Crippen LogP contribution in [0.5, 0.6) is 5.75 Å². The molecular formula is C27H31ClFN6O2P. The van der Waals surface area contributed by atoms with Gasteiger partial charge in [0.1, 0.15) is 5.82 Å². The van der Waals surface area contributed by atoms with Crippen molar-refractivity contribution in [2.45, 2.75) is 6.54 Å². The van der Waals surface area contributed by atoms with E-state index in [0.717, 1.165) is 48.0 Å². The zero-order valence-corrected chi connectivity index (χ0v) is 23.0. The Morgan fingerprint density at radius 2 is 1.87 bits per heavy atom. The summed E-state index contributed by atoms with van der Waals surface area (Å²) in [5, 5.41) is 6.85. The molecule has 1 aliphatic heterocycles. The molecule has 0 saturated carbocycles. The number of aromatic nitrogens is 3. The van der Waals surface area contributed by atoms with Gasteiger partial charge in [-0.15, -0.1) is 0 Å². The molecule has 1 saturated heterocycles. The number of hydrogen-bond acceptors (Lipinski definition) is 7. The van der Waals surface area contributed by atoms with Gasteiger partial charge in [-0.2, -0.15) is 0 Å².